The van der Waals surface area contributed by atoms with Crippen LogP contribution in [-0.4, -0.2) is 81.3 Å². The molecule has 0 atom stereocenters. The lowest BCUT2D eigenvalue weighted by Gasteiger charge is -2.36. The fourth-order valence-corrected chi connectivity index (χ4v) is 4.83. The van der Waals surface area contributed by atoms with Gasteiger partial charge in [0.2, 0.25) is 0 Å². The SMILES string of the molecule is COc1nc2c(N)nc(OC3CCCCC3)nc2n1CCCCN1CCN(C(C)C)CC1. The van der Waals surface area contributed by atoms with E-state index in [9.17, 15) is 0 Å². The summed E-state index contributed by atoms with van der Waals surface area (Å²) in [5.41, 5.74) is 7.50. The fourth-order valence-electron chi connectivity index (χ4n) is 4.83. The molecule has 0 unspecified atom stereocenters. The predicted molar refractivity (Wildman–Crippen MR) is 126 cm³/mol. The summed E-state index contributed by atoms with van der Waals surface area (Å²) in [4.78, 5) is 18.7. The van der Waals surface area contributed by atoms with Crippen molar-refractivity contribution in [2.24, 2.45) is 0 Å². The number of hydrogen-bond acceptors (Lipinski definition) is 8. The first-order valence-corrected chi connectivity index (χ1v) is 12.3. The zero-order chi connectivity index (χ0) is 22.5. The molecule has 0 amide bonds. The molecule has 2 N–H and O–H groups in total. The standard InChI is InChI=1S/C23H39N7O2/c1-17(2)29-15-13-28(14-16-29)11-7-8-12-30-21-19(25-23(30)31-3)20(24)26-22(27-21)32-18-9-5-4-6-10-18/h17-18H,4-16H2,1-3H3,(H2,24,26,27). The van der Waals surface area contributed by atoms with E-state index in [0.29, 0.717) is 35.0 Å². The molecular weight excluding hydrogens is 406 g/mol. The lowest BCUT2D eigenvalue weighted by molar-refractivity contribution is 0.107. The van der Waals surface area contributed by atoms with E-state index in [1.807, 2.05) is 4.57 Å². The minimum atomic E-state index is 0.176. The van der Waals surface area contributed by atoms with E-state index in [-0.39, 0.29) is 6.10 Å². The third-order valence-electron chi connectivity index (χ3n) is 6.82. The Morgan fingerprint density at radius 1 is 0.969 bits per heavy atom. The van der Waals surface area contributed by atoms with Crippen LogP contribution in [0.3, 0.4) is 0 Å². The summed E-state index contributed by atoms with van der Waals surface area (Å²) >= 11 is 0. The van der Waals surface area contributed by atoms with Crippen molar-refractivity contribution in [3.05, 3.63) is 0 Å². The molecule has 0 radical (unpaired) electrons. The first-order valence-electron chi connectivity index (χ1n) is 12.3. The van der Waals surface area contributed by atoms with Crippen molar-refractivity contribution in [3.63, 3.8) is 0 Å². The summed E-state index contributed by atoms with van der Waals surface area (Å²) in [6, 6.07) is 1.52. The molecule has 2 fully saturated rings. The summed E-state index contributed by atoms with van der Waals surface area (Å²) in [5.74, 6) is 0.348. The third-order valence-corrected chi connectivity index (χ3v) is 6.82. The number of nitrogens with zero attached hydrogens (tertiary/aromatic N) is 6. The van der Waals surface area contributed by atoms with Crippen molar-refractivity contribution < 1.29 is 9.47 Å². The highest BCUT2D eigenvalue weighted by Crippen LogP contribution is 2.28. The number of ether oxygens (including phenoxy) is 2. The van der Waals surface area contributed by atoms with Crippen LogP contribution in [0.1, 0.15) is 58.8 Å². The molecule has 178 valence electrons. The fraction of sp³-hybridized carbons (Fsp3) is 0.783. The molecule has 9 heteroatoms. The lowest BCUT2D eigenvalue weighted by atomic mass is 9.98. The number of aromatic nitrogens is 4. The van der Waals surface area contributed by atoms with Gasteiger partial charge in [-0.25, -0.2) is 0 Å². The van der Waals surface area contributed by atoms with Crippen LogP contribution in [-0.2, 0) is 6.54 Å². The summed E-state index contributed by atoms with van der Waals surface area (Å²) in [6.45, 7) is 11.1. The molecule has 2 aromatic heterocycles. The van der Waals surface area contributed by atoms with E-state index in [4.69, 9.17) is 15.2 Å². The maximum atomic E-state index is 6.21. The van der Waals surface area contributed by atoms with Gasteiger partial charge in [0.25, 0.3) is 6.01 Å². The number of fused-ring (bicyclic) bond motifs is 1. The monoisotopic (exact) mass is 445 g/mol. The Labute approximate surface area is 191 Å². The molecule has 0 bridgehead atoms. The first kappa shape index (κ1) is 23.0. The second-order valence-electron chi connectivity index (χ2n) is 9.37. The smallest absolute Gasteiger partial charge is 0.320 e. The Balaban J connectivity index is 1.37. The number of rotatable bonds is 9. The van der Waals surface area contributed by atoms with Gasteiger partial charge in [0.15, 0.2) is 17.0 Å². The topological polar surface area (TPSA) is 94.6 Å². The van der Waals surface area contributed by atoms with Crippen molar-refractivity contribution in [3.8, 4) is 12.0 Å². The zero-order valence-corrected chi connectivity index (χ0v) is 19.9. The normalized spacial score (nSPS) is 19.1. The van der Waals surface area contributed by atoms with E-state index in [2.05, 4.69) is 38.6 Å². The zero-order valence-electron chi connectivity index (χ0n) is 19.9. The number of imidazole rings is 1. The molecule has 4 rings (SSSR count). The molecule has 0 aromatic carbocycles. The molecule has 2 aliphatic rings. The Bertz CT molecular complexity index is 871. The van der Waals surface area contributed by atoms with Gasteiger partial charge >= 0.3 is 6.01 Å². The van der Waals surface area contributed by atoms with Crippen molar-refractivity contribution in [1.82, 2.24) is 29.3 Å². The second kappa shape index (κ2) is 10.7. The molecule has 9 nitrogen and oxygen atoms in total. The van der Waals surface area contributed by atoms with Gasteiger partial charge in [-0.3, -0.25) is 9.47 Å². The van der Waals surface area contributed by atoms with E-state index >= 15 is 0 Å². The average molecular weight is 446 g/mol. The highest BCUT2D eigenvalue weighted by molar-refractivity contribution is 5.83. The van der Waals surface area contributed by atoms with Crippen LogP contribution in [0.2, 0.25) is 0 Å². The van der Waals surface area contributed by atoms with E-state index in [1.165, 1.54) is 19.3 Å². The van der Waals surface area contributed by atoms with Crippen molar-refractivity contribution in [2.45, 2.75) is 77.5 Å². The number of nitrogens with two attached hydrogens (primary N) is 1. The second-order valence-corrected chi connectivity index (χ2v) is 9.37. The molecule has 1 aliphatic heterocycles. The van der Waals surface area contributed by atoms with Crippen molar-refractivity contribution >= 4 is 17.0 Å². The maximum absolute atomic E-state index is 6.21. The number of methoxy groups -OCH3 is 1. The summed E-state index contributed by atoms with van der Waals surface area (Å²) < 4.78 is 13.6. The largest absolute Gasteiger partial charge is 0.468 e. The van der Waals surface area contributed by atoms with Gasteiger partial charge < -0.3 is 20.1 Å². The average Bonchev–Trinajstić information content (AvgIpc) is 3.16. The number of aryl methyl sites for hydroxylation is 1. The highest BCUT2D eigenvalue weighted by Gasteiger charge is 2.22. The maximum Gasteiger partial charge on any atom is 0.320 e. The number of unbranched alkanes of at least 4 members (excludes halogenated alkanes) is 1. The molecular formula is C23H39N7O2. The Morgan fingerprint density at radius 3 is 2.38 bits per heavy atom. The van der Waals surface area contributed by atoms with Gasteiger partial charge in [-0.05, 0) is 58.9 Å². The van der Waals surface area contributed by atoms with Crippen LogP contribution in [0.5, 0.6) is 12.0 Å². The quantitative estimate of drug-likeness (QED) is 0.589. The van der Waals surface area contributed by atoms with E-state index < -0.39 is 0 Å². The third kappa shape index (κ3) is 5.43. The number of hydrogen-bond donors (Lipinski definition) is 1. The Kier molecular flexibility index (Phi) is 7.67. The molecule has 1 saturated carbocycles. The van der Waals surface area contributed by atoms with E-state index in [0.717, 1.165) is 65.0 Å². The number of anilines is 1. The van der Waals surface area contributed by atoms with Crippen LogP contribution >= 0.6 is 0 Å². The molecule has 1 saturated heterocycles. The van der Waals surface area contributed by atoms with Gasteiger partial charge in [-0.2, -0.15) is 15.0 Å². The minimum Gasteiger partial charge on any atom is -0.468 e. The van der Waals surface area contributed by atoms with Crippen molar-refractivity contribution in [1.29, 1.82) is 0 Å². The van der Waals surface area contributed by atoms with Gasteiger partial charge in [0.1, 0.15) is 6.10 Å². The first-order chi connectivity index (χ1) is 15.5. The summed E-state index contributed by atoms with van der Waals surface area (Å²) in [5, 5.41) is 0. The number of piperazine rings is 1. The van der Waals surface area contributed by atoms with E-state index in [1.54, 1.807) is 7.11 Å². The minimum absolute atomic E-state index is 0.176. The van der Waals surface area contributed by atoms with Crippen LogP contribution < -0.4 is 15.2 Å². The van der Waals surface area contributed by atoms with Crippen LogP contribution in [0, 0.1) is 0 Å². The molecule has 1 aliphatic carbocycles. The molecule has 2 aromatic rings. The highest BCUT2D eigenvalue weighted by atomic mass is 16.5. The molecule has 3 heterocycles. The van der Waals surface area contributed by atoms with Gasteiger partial charge in [0.05, 0.1) is 7.11 Å². The summed E-state index contributed by atoms with van der Waals surface area (Å²) in [6.07, 6.45) is 8.09. The van der Waals surface area contributed by atoms with Gasteiger partial charge in [-0.1, -0.05) is 6.42 Å². The van der Waals surface area contributed by atoms with Crippen LogP contribution in [0.4, 0.5) is 5.82 Å². The van der Waals surface area contributed by atoms with Crippen LogP contribution in [0.25, 0.3) is 11.2 Å². The molecule has 32 heavy (non-hydrogen) atoms. The lowest BCUT2D eigenvalue weighted by Crippen LogP contribution is -2.48. The van der Waals surface area contributed by atoms with Gasteiger partial charge in [-0.15, -0.1) is 0 Å². The van der Waals surface area contributed by atoms with Crippen LogP contribution in [0.15, 0.2) is 0 Å². The Morgan fingerprint density at radius 2 is 1.69 bits per heavy atom. The number of nitrogen functional groups attached to an aromatic ring is 1. The summed E-state index contributed by atoms with van der Waals surface area (Å²) in [7, 11) is 1.63. The molecule has 0 spiro atoms. The predicted octanol–water partition coefficient (Wildman–Crippen LogP) is 2.93. The van der Waals surface area contributed by atoms with Gasteiger partial charge in [0, 0.05) is 38.8 Å². The van der Waals surface area contributed by atoms with Crippen molar-refractivity contribution in [2.75, 3.05) is 45.6 Å². The Hall–Kier alpha value is -2.13.